The van der Waals surface area contributed by atoms with Gasteiger partial charge in [-0.2, -0.15) is 4.37 Å². The molecule has 8 heteroatoms. The van der Waals surface area contributed by atoms with Crippen molar-refractivity contribution in [3.8, 4) is 0 Å². The highest BCUT2D eigenvalue weighted by Gasteiger charge is 2.30. The van der Waals surface area contributed by atoms with Crippen molar-refractivity contribution in [1.29, 1.82) is 0 Å². The van der Waals surface area contributed by atoms with Crippen LogP contribution in [0.3, 0.4) is 0 Å². The molecule has 0 aliphatic heterocycles. The summed E-state index contributed by atoms with van der Waals surface area (Å²) in [5.41, 5.74) is 5.68. The molecule has 29 heavy (non-hydrogen) atoms. The lowest BCUT2D eigenvalue weighted by Crippen LogP contribution is -2.37. The fourth-order valence-corrected chi connectivity index (χ4v) is 4.41. The number of hydrogen-bond acceptors (Lipinski definition) is 6. The average Bonchev–Trinajstić information content (AvgIpc) is 3.38. The highest BCUT2D eigenvalue weighted by atomic mass is 32.1. The summed E-state index contributed by atoms with van der Waals surface area (Å²) in [5.74, 6) is 0. The van der Waals surface area contributed by atoms with Crippen LogP contribution in [0.4, 0.5) is 4.79 Å². The largest absolute Gasteiger partial charge is 0.447 e. The number of alkyl carbamates (subject to hydrolysis) is 1. The molecule has 0 fully saturated rings. The van der Waals surface area contributed by atoms with Crippen molar-refractivity contribution in [2.75, 3.05) is 7.11 Å². The van der Waals surface area contributed by atoms with Crippen molar-refractivity contribution >= 4 is 34.7 Å². The number of rotatable bonds is 6. The lowest BCUT2D eigenvalue weighted by molar-refractivity contribution is 0.112. The standard InChI is InChI=1S/C21H24N4O3S/c1-13(2)28-21(26)23-16-9-18-17-8-14(11-22-27-3)4-5-19(17)25(20(18)10-16)12-15-6-7-29-24-15/h4-8,11,13,16H,9-10,12H2,1-3H3,(H,23,26). The number of nitrogens with one attached hydrogen (secondary N) is 1. The fourth-order valence-electron chi connectivity index (χ4n) is 3.88. The first-order chi connectivity index (χ1) is 14.0. The molecule has 1 aliphatic carbocycles. The van der Waals surface area contributed by atoms with Crippen LogP contribution in [-0.2, 0) is 29.0 Å². The predicted octanol–water partition coefficient (Wildman–Crippen LogP) is 3.73. The molecule has 3 aromatic rings. The third-order valence-electron chi connectivity index (χ3n) is 4.98. The van der Waals surface area contributed by atoms with Crippen molar-refractivity contribution in [2.24, 2.45) is 5.16 Å². The van der Waals surface area contributed by atoms with Gasteiger partial charge < -0.3 is 19.5 Å². The molecule has 1 atom stereocenters. The third-order valence-corrected chi connectivity index (χ3v) is 5.58. The van der Waals surface area contributed by atoms with Crippen LogP contribution in [0, 0.1) is 0 Å². The molecule has 0 saturated carbocycles. The number of fused-ring (bicyclic) bond motifs is 3. The van der Waals surface area contributed by atoms with E-state index in [0.29, 0.717) is 6.54 Å². The molecule has 1 amide bonds. The van der Waals surface area contributed by atoms with Gasteiger partial charge in [-0.3, -0.25) is 0 Å². The second-order valence-corrected chi connectivity index (χ2v) is 8.06. The zero-order valence-electron chi connectivity index (χ0n) is 16.7. The van der Waals surface area contributed by atoms with E-state index in [1.165, 1.54) is 40.8 Å². The Morgan fingerprint density at radius 1 is 1.41 bits per heavy atom. The summed E-state index contributed by atoms with van der Waals surface area (Å²) in [6.07, 6.45) is 2.74. The molecule has 4 rings (SSSR count). The van der Waals surface area contributed by atoms with E-state index in [0.717, 1.165) is 24.1 Å². The zero-order valence-corrected chi connectivity index (χ0v) is 17.5. The van der Waals surface area contributed by atoms with Crippen LogP contribution in [0.25, 0.3) is 10.9 Å². The summed E-state index contributed by atoms with van der Waals surface area (Å²) in [6, 6.07) is 8.35. The molecule has 1 aliphatic rings. The number of aromatic nitrogens is 2. The first-order valence-electron chi connectivity index (χ1n) is 9.62. The summed E-state index contributed by atoms with van der Waals surface area (Å²) in [4.78, 5) is 16.9. The van der Waals surface area contributed by atoms with E-state index in [-0.39, 0.29) is 18.2 Å². The summed E-state index contributed by atoms with van der Waals surface area (Å²) in [5, 5.41) is 10.1. The van der Waals surface area contributed by atoms with Crippen LogP contribution in [-0.4, -0.2) is 40.5 Å². The van der Waals surface area contributed by atoms with Crippen LogP contribution >= 0.6 is 11.5 Å². The first-order valence-corrected chi connectivity index (χ1v) is 10.5. The van der Waals surface area contributed by atoms with Gasteiger partial charge in [-0.15, -0.1) is 0 Å². The fraction of sp³-hybridized carbons (Fsp3) is 0.381. The lowest BCUT2D eigenvalue weighted by atomic mass is 10.1. The van der Waals surface area contributed by atoms with E-state index in [1.807, 2.05) is 31.4 Å². The number of oxime groups is 1. The Labute approximate surface area is 173 Å². The summed E-state index contributed by atoms with van der Waals surface area (Å²) < 4.78 is 12.0. The molecule has 0 spiro atoms. The van der Waals surface area contributed by atoms with Crippen molar-refractivity contribution in [2.45, 2.75) is 45.4 Å². The summed E-state index contributed by atoms with van der Waals surface area (Å²) >= 11 is 1.46. The molecule has 1 unspecified atom stereocenters. The number of carbonyl (C=O) groups excluding carboxylic acids is 1. The van der Waals surface area contributed by atoms with Gasteiger partial charge in [0.25, 0.3) is 0 Å². The Morgan fingerprint density at radius 2 is 2.28 bits per heavy atom. The van der Waals surface area contributed by atoms with Crippen LogP contribution in [0.15, 0.2) is 34.8 Å². The normalized spacial score (nSPS) is 15.9. The van der Waals surface area contributed by atoms with Crippen LogP contribution in [0.2, 0.25) is 0 Å². The van der Waals surface area contributed by atoms with E-state index in [2.05, 4.69) is 31.5 Å². The van der Waals surface area contributed by atoms with Gasteiger partial charge >= 0.3 is 6.09 Å². The molecule has 1 N–H and O–H groups in total. The van der Waals surface area contributed by atoms with Crippen LogP contribution in [0.5, 0.6) is 0 Å². The van der Waals surface area contributed by atoms with Crippen molar-refractivity contribution in [3.05, 3.63) is 52.2 Å². The van der Waals surface area contributed by atoms with Crippen LogP contribution < -0.4 is 5.32 Å². The minimum Gasteiger partial charge on any atom is -0.447 e. The number of carbonyl (C=O) groups is 1. The highest BCUT2D eigenvalue weighted by Crippen LogP contribution is 2.34. The molecule has 2 heterocycles. The highest BCUT2D eigenvalue weighted by molar-refractivity contribution is 7.03. The number of amides is 1. The molecule has 152 valence electrons. The van der Waals surface area contributed by atoms with Gasteiger partial charge in [0.1, 0.15) is 7.11 Å². The van der Waals surface area contributed by atoms with E-state index in [4.69, 9.17) is 9.57 Å². The van der Waals surface area contributed by atoms with Crippen molar-refractivity contribution in [1.82, 2.24) is 14.3 Å². The zero-order chi connectivity index (χ0) is 20.4. The molecule has 7 nitrogen and oxygen atoms in total. The molecule has 0 saturated heterocycles. The third kappa shape index (κ3) is 4.12. The number of ether oxygens (including phenoxy) is 1. The Bertz CT molecular complexity index is 1040. The maximum absolute atomic E-state index is 12.1. The Morgan fingerprint density at radius 3 is 3.00 bits per heavy atom. The van der Waals surface area contributed by atoms with Gasteiger partial charge in [-0.25, -0.2) is 4.79 Å². The Hall–Kier alpha value is -2.87. The van der Waals surface area contributed by atoms with E-state index in [9.17, 15) is 4.79 Å². The van der Waals surface area contributed by atoms with Gasteiger partial charge in [-0.05, 0) is 61.1 Å². The Balaban J connectivity index is 1.68. The summed E-state index contributed by atoms with van der Waals surface area (Å²) in [7, 11) is 1.53. The monoisotopic (exact) mass is 412 g/mol. The van der Waals surface area contributed by atoms with Crippen LogP contribution in [0.1, 0.15) is 36.4 Å². The first kappa shape index (κ1) is 19.4. The average molecular weight is 413 g/mol. The minimum atomic E-state index is -0.363. The Kier molecular flexibility index (Phi) is 5.53. The predicted molar refractivity (Wildman–Crippen MR) is 114 cm³/mol. The van der Waals surface area contributed by atoms with Crippen molar-refractivity contribution in [3.63, 3.8) is 0 Å². The maximum atomic E-state index is 12.1. The minimum absolute atomic E-state index is 0.0219. The quantitative estimate of drug-likeness (QED) is 0.494. The van der Waals surface area contributed by atoms with Gasteiger partial charge in [0.05, 0.1) is 24.6 Å². The van der Waals surface area contributed by atoms with Gasteiger partial charge in [0, 0.05) is 34.4 Å². The maximum Gasteiger partial charge on any atom is 0.407 e. The van der Waals surface area contributed by atoms with E-state index >= 15 is 0 Å². The second-order valence-electron chi connectivity index (χ2n) is 7.40. The number of nitrogens with zero attached hydrogens (tertiary/aromatic N) is 3. The topological polar surface area (TPSA) is 77.7 Å². The summed E-state index contributed by atoms with van der Waals surface area (Å²) in [6.45, 7) is 4.41. The molecule has 0 radical (unpaired) electrons. The number of benzene rings is 1. The van der Waals surface area contributed by atoms with E-state index in [1.54, 1.807) is 6.21 Å². The molecule has 0 bridgehead atoms. The van der Waals surface area contributed by atoms with Crippen molar-refractivity contribution < 1.29 is 14.4 Å². The number of hydrogen-bond donors (Lipinski definition) is 1. The SMILES string of the molecule is CON=Cc1ccc2c(c1)c1c(n2Cc2ccsn2)CC(NC(=O)OC(C)C)C1. The second kappa shape index (κ2) is 8.24. The molecule has 1 aromatic carbocycles. The molecular formula is C21H24N4O3S. The van der Waals surface area contributed by atoms with E-state index < -0.39 is 0 Å². The van der Waals surface area contributed by atoms with Gasteiger partial charge in [-0.1, -0.05) is 11.2 Å². The smallest absolute Gasteiger partial charge is 0.407 e. The molecular weight excluding hydrogens is 388 g/mol. The van der Waals surface area contributed by atoms with Gasteiger partial charge in [0.2, 0.25) is 0 Å². The lowest BCUT2D eigenvalue weighted by Gasteiger charge is -2.16. The molecule has 2 aromatic heterocycles. The van der Waals surface area contributed by atoms with Gasteiger partial charge in [0.15, 0.2) is 0 Å².